The molecular weight excluding hydrogens is 454 g/mol. The lowest BCUT2D eigenvalue weighted by molar-refractivity contribution is -0.125. The van der Waals surface area contributed by atoms with Crippen LogP contribution in [0.1, 0.15) is 53.8 Å². The van der Waals surface area contributed by atoms with Crippen molar-refractivity contribution in [3.63, 3.8) is 0 Å². The molecule has 2 aromatic carbocycles. The fraction of sp³-hybridized carbons (Fsp3) is 0.423. The third kappa shape index (κ3) is 6.29. The maximum atomic E-state index is 13.1. The Kier molecular flexibility index (Phi) is 8.93. The molecule has 7 nitrogen and oxygen atoms in total. The molecule has 0 aromatic heterocycles. The molecule has 34 heavy (non-hydrogen) atoms. The van der Waals surface area contributed by atoms with Crippen LogP contribution in [0.3, 0.4) is 0 Å². The van der Waals surface area contributed by atoms with Crippen molar-refractivity contribution < 1.29 is 19.1 Å². The second kappa shape index (κ2) is 11.9. The Bertz CT molecular complexity index is 1000. The van der Waals surface area contributed by atoms with E-state index < -0.39 is 6.04 Å². The molecule has 182 valence electrons. The monoisotopic (exact) mass is 485 g/mol. The van der Waals surface area contributed by atoms with Crippen molar-refractivity contribution in [2.24, 2.45) is 5.92 Å². The zero-order chi connectivity index (χ0) is 24.7. The number of benzene rings is 2. The summed E-state index contributed by atoms with van der Waals surface area (Å²) < 4.78 is 5.16. The first-order valence-corrected chi connectivity index (χ1v) is 12.0. The lowest BCUT2D eigenvalue weighted by atomic mass is 9.88. The van der Waals surface area contributed by atoms with Crippen LogP contribution in [-0.2, 0) is 4.79 Å². The average Bonchev–Trinajstić information content (AvgIpc) is 2.87. The quantitative estimate of drug-likeness (QED) is 0.593. The molecule has 0 radical (unpaired) electrons. The Labute approximate surface area is 205 Å². The smallest absolute Gasteiger partial charge is 0.253 e. The highest BCUT2D eigenvalue weighted by Gasteiger charge is 2.34. The molecule has 0 saturated carbocycles. The molecule has 0 unspecified atom stereocenters. The van der Waals surface area contributed by atoms with Crippen LogP contribution in [-0.4, -0.2) is 54.9 Å². The zero-order valence-electron chi connectivity index (χ0n) is 19.8. The predicted molar refractivity (Wildman–Crippen MR) is 132 cm³/mol. The summed E-state index contributed by atoms with van der Waals surface area (Å²) in [6.45, 7) is 4.93. The van der Waals surface area contributed by atoms with Crippen molar-refractivity contribution in [3.8, 4) is 5.75 Å². The van der Waals surface area contributed by atoms with Crippen molar-refractivity contribution in [3.05, 3.63) is 64.7 Å². The summed E-state index contributed by atoms with van der Waals surface area (Å²) in [5.41, 5.74) is 0.926. The fourth-order valence-electron chi connectivity index (χ4n) is 4.05. The summed E-state index contributed by atoms with van der Waals surface area (Å²) >= 11 is 6.19. The van der Waals surface area contributed by atoms with Crippen molar-refractivity contribution >= 4 is 29.3 Å². The third-order valence-corrected chi connectivity index (χ3v) is 6.65. The number of halogens is 1. The summed E-state index contributed by atoms with van der Waals surface area (Å²) in [5.74, 6) is -0.0572. The first-order chi connectivity index (χ1) is 16.3. The van der Waals surface area contributed by atoms with E-state index in [4.69, 9.17) is 16.3 Å². The molecule has 3 amide bonds. The molecule has 1 aliphatic heterocycles. The van der Waals surface area contributed by atoms with E-state index in [1.54, 1.807) is 60.5 Å². The number of likely N-dealkylation sites (tertiary alicyclic amines) is 1. The van der Waals surface area contributed by atoms with Gasteiger partial charge < -0.3 is 20.3 Å². The van der Waals surface area contributed by atoms with Gasteiger partial charge in [-0.15, -0.1) is 0 Å². The Morgan fingerprint density at radius 2 is 1.71 bits per heavy atom. The number of nitrogens with zero attached hydrogens (tertiary/aromatic N) is 1. The van der Waals surface area contributed by atoms with Crippen LogP contribution in [0.2, 0.25) is 5.02 Å². The molecule has 2 aromatic rings. The first-order valence-electron chi connectivity index (χ1n) is 11.6. The molecule has 0 bridgehead atoms. The van der Waals surface area contributed by atoms with Crippen molar-refractivity contribution in [1.82, 2.24) is 15.5 Å². The Morgan fingerprint density at radius 3 is 2.29 bits per heavy atom. The minimum absolute atomic E-state index is 0.0102. The third-order valence-electron chi connectivity index (χ3n) is 6.32. The van der Waals surface area contributed by atoms with Crippen LogP contribution in [0.4, 0.5) is 0 Å². The SMILES string of the molecule is CC[C@@H](C)NC(=O)[C@@H](NC(=O)c1ccccc1Cl)C1CCN(C(=O)c2ccc(OC)cc2)CC1. The largest absolute Gasteiger partial charge is 0.497 e. The summed E-state index contributed by atoms with van der Waals surface area (Å²) in [4.78, 5) is 40.8. The molecule has 3 rings (SSSR count). The highest BCUT2D eigenvalue weighted by atomic mass is 35.5. The van der Waals surface area contributed by atoms with Crippen molar-refractivity contribution in [2.45, 2.75) is 45.2 Å². The van der Waals surface area contributed by atoms with Gasteiger partial charge >= 0.3 is 0 Å². The molecule has 2 atom stereocenters. The number of amides is 3. The minimum atomic E-state index is -0.712. The van der Waals surface area contributed by atoms with Gasteiger partial charge in [0, 0.05) is 24.7 Å². The predicted octanol–water partition coefficient (Wildman–Crippen LogP) is 3.91. The molecule has 0 spiro atoms. The molecule has 1 heterocycles. The number of piperidine rings is 1. The van der Waals surface area contributed by atoms with E-state index in [-0.39, 0.29) is 29.7 Å². The summed E-state index contributed by atoms with van der Waals surface area (Å²) in [7, 11) is 1.58. The van der Waals surface area contributed by atoms with Gasteiger partial charge in [0.05, 0.1) is 17.7 Å². The normalized spacial score (nSPS) is 15.8. The number of ether oxygens (including phenoxy) is 1. The van der Waals surface area contributed by atoms with Crippen LogP contribution in [0.15, 0.2) is 48.5 Å². The summed E-state index contributed by atoms with van der Waals surface area (Å²) in [6.07, 6.45) is 1.98. The second-order valence-electron chi connectivity index (χ2n) is 8.61. The maximum absolute atomic E-state index is 13.1. The zero-order valence-corrected chi connectivity index (χ0v) is 20.6. The Balaban J connectivity index is 1.70. The fourth-order valence-corrected chi connectivity index (χ4v) is 4.27. The van der Waals surface area contributed by atoms with Crippen LogP contribution >= 0.6 is 11.6 Å². The van der Waals surface area contributed by atoms with Gasteiger partial charge in [-0.05, 0) is 68.5 Å². The lowest BCUT2D eigenvalue weighted by Crippen LogP contribution is -2.55. The van der Waals surface area contributed by atoms with Gasteiger partial charge in [-0.25, -0.2) is 0 Å². The van der Waals surface area contributed by atoms with Gasteiger partial charge in [-0.2, -0.15) is 0 Å². The van der Waals surface area contributed by atoms with Crippen LogP contribution in [0, 0.1) is 5.92 Å². The van der Waals surface area contributed by atoms with E-state index in [1.165, 1.54) is 0 Å². The lowest BCUT2D eigenvalue weighted by Gasteiger charge is -2.36. The van der Waals surface area contributed by atoms with Gasteiger partial charge in [-0.3, -0.25) is 14.4 Å². The van der Waals surface area contributed by atoms with Crippen LogP contribution in [0.5, 0.6) is 5.75 Å². The highest BCUT2D eigenvalue weighted by Crippen LogP contribution is 2.24. The van der Waals surface area contributed by atoms with Gasteiger partial charge in [0.15, 0.2) is 0 Å². The van der Waals surface area contributed by atoms with Gasteiger partial charge in [0.1, 0.15) is 11.8 Å². The number of methoxy groups -OCH3 is 1. The van der Waals surface area contributed by atoms with E-state index in [0.717, 1.165) is 6.42 Å². The number of nitrogens with one attached hydrogen (secondary N) is 2. The number of rotatable bonds is 8. The summed E-state index contributed by atoms with van der Waals surface area (Å²) in [6, 6.07) is 13.1. The standard InChI is InChI=1S/C26H32ClN3O4/c1-4-17(2)28-25(32)23(29-24(31)21-7-5-6-8-22(21)27)18-13-15-30(16-14-18)26(33)19-9-11-20(34-3)12-10-19/h5-12,17-18,23H,4,13-16H2,1-3H3,(H,28,32)(H,29,31)/t17-,23+/m1/s1. The molecule has 8 heteroatoms. The number of hydrogen-bond acceptors (Lipinski definition) is 4. The Morgan fingerprint density at radius 1 is 1.06 bits per heavy atom. The molecule has 2 N–H and O–H groups in total. The first kappa shape index (κ1) is 25.6. The van der Waals surface area contributed by atoms with E-state index in [2.05, 4.69) is 10.6 Å². The van der Waals surface area contributed by atoms with Crippen LogP contribution < -0.4 is 15.4 Å². The summed E-state index contributed by atoms with van der Waals surface area (Å²) in [5, 5.41) is 6.23. The molecular formula is C26H32ClN3O4. The van der Waals surface area contributed by atoms with Gasteiger partial charge in [0.2, 0.25) is 5.91 Å². The second-order valence-corrected chi connectivity index (χ2v) is 9.01. The van der Waals surface area contributed by atoms with E-state index >= 15 is 0 Å². The molecule has 1 aliphatic rings. The molecule has 1 fully saturated rings. The van der Waals surface area contributed by atoms with Gasteiger partial charge in [0.25, 0.3) is 11.8 Å². The molecule has 1 saturated heterocycles. The van der Waals surface area contributed by atoms with Gasteiger partial charge in [-0.1, -0.05) is 30.7 Å². The topological polar surface area (TPSA) is 87.7 Å². The van der Waals surface area contributed by atoms with E-state index in [0.29, 0.717) is 47.8 Å². The Hall–Kier alpha value is -3.06. The van der Waals surface area contributed by atoms with E-state index in [9.17, 15) is 14.4 Å². The maximum Gasteiger partial charge on any atom is 0.253 e. The van der Waals surface area contributed by atoms with E-state index in [1.807, 2.05) is 13.8 Å². The van der Waals surface area contributed by atoms with Crippen molar-refractivity contribution in [2.75, 3.05) is 20.2 Å². The van der Waals surface area contributed by atoms with Crippen LogP contribution in [0.25, 0.3) is 0 Å². The minimum Gasteiger partial charge on any atom is -0.497 e. The number of carbonyl (C=O) groups is 3. The molecule has 0 aliphatic carbocycles. The van der Waals surface area contributed by atoms with Crippen molar-refractivity contribution in [1.29, 1.82) is 0 Å². The number of hydrogen-bond donors (Lipinski definition) is 2. The number of carbonyl (C=O) groups excluding carboxylic acids is 3. The average molecular weight is 486 g/mol. The highest BCUT2D eigenvalue weighted by molar-refractivity contribution is 6.33.